The van der Waals surface area contributed by atoms with Crippen LogP contribution in [0.5, 0.6) is 0 Å². The van der Waals surface area contributed by atoms with Gasteiger partial charge in [0.1, 0.15) is 6.34 Å². The van der Waals surface area contributed by atoms with Crippen LogP contribution in [0.25, 0.3) is 0 Å². The van der Waals surface area contributed by atoms with Gasteiger partial charge in [0.15, 0.2) is 12.3 Å². The van der Waals surface area contributed by atoms with E-state index in [9.17, 15) is 4.79 Å². The minimum Gasteiger partial charge on any atom is -0.301 e. The predicted molar refractivity (Wildman–Crippen MR) is 46.1 cm³/mol. The second kappa shape index (κ2) is 2.64. The summed E-state index contributed by atoms with van der Waals surface area (Å²) in [6.45, 7) is 0. The minimum atomic E-state index is -0.478. The Labute approximate surface area is 73.8 Å². The second-order valence-electron chi connectivity index (χ2n) is 2.41. The maximum absolute atomic E-state index is 10.6. The fraction of sp³-hybridized carbons (Fsp3) is 0.143. The van der Waals surface area contributed by atoms with Crippen LogP contribution in [0, 0.1) is 0 Å². The summed E-state index contributed by atoms with van der Waals surface area (Å²) in [6, 6.07) is 1.24. The summed E-state index contributed by atoms with van der Waals surface area (Å²) in [4.78, 5) is 14.5. The zero-order valence-corrected chi connectivity index (χ0v) is 6.82. The number of aldehydes is 1. The fourth-order valence-corrected chi connectivity index (χ4v) is 1.42. The Bertz CT molecular complexity index is 344. The smallest absolute Gasteiger partial charge is 0.150 e. The average molecular weight is 184 g/mol. The summed E-state index contributed by atoms with van der Waals surface area (Å²) >= 11 is 5.84. The molecule has 0 aliphatic carbocycles. The SMILES string of the molecule is O=CC1N=CNn2ccc(Cl)c21. The van der Waals surface area contributed by atoms with E-state index in [0.29, 0.717) is 10.7 Å². The van der Waals surface area contributed by atoms with Gasteiger partial charge >= 0.3 is 0 Å². The van der Waals surface area contributed by atoms with E-state index >= 15 is 0 Å². The van der Waals surface area contributed by atoms with Crippen molar-refractivity contribution < 1.29 is 4.79 Å². The Morgan fingerprint density at radius 3 is 3.33 bits per heavy atom. The van der Waals surface area contributed by atoms with E-state index in [1.165, 1.54) is 6.34 Å². The van der Waals surface area contributed by atoms with Gasteiger partial charge in [-0.1, -0.05) is 11.6 Å². The van der Waals surface area contributed by atoms with Crippen molar-refractivity contribution in [1.82, 2.24) is 4.68 Å². The van der Waals surface area contributed by atoms with Crippen LogP contribution in [0.15, 0.2) is 17.3 Å². The molecule has 0 radical (unpaired) electrons. The first-order valence-electron chi connectivity index (χ1n) is 3.43. The molecule has 0 bridgehead atoms. The molecular formula is C7H6ClN3O. The van der Waals surface area contributed by atoms with Crippen LogP contribution in [0.2, 0.25) is 5.02 Å². The molecule has 2 heterocycles. The highest BCUT2D eigenvalue weighted by Crippen LogP contribution is 2.25. The van der Waals surface area contributed by atoms with E-state index in [1.54, 1.807) is 16.9 Å². The van der Waals surface area contributed by atoms with Crippen LogP contribution < -0.4 is 5.43 Å². The summed E-state index contributed by atoms with van der Waals surface area (Å²) in [6.07, 6.45) is 3.98. The van der Waals surface area contributed by atoms with Crippen molar-refractivity contribution in [2.75, 3.05) is 5.43 Å². The maximum Gasteiger partial charge on any atom is 0.150 e. The Kier molecular flexibility index (Phi) is 1.62. The van der Waals surface area contributed by atoms with Gasteiger partial charge in [-0.25, -0.2) is 0 Å². The Hall–Kier alpha value is -1.29. The summed E-state index contributed by atoms with van der Waals surface area (Å²) in [5.74, 6) is 0. The molecule has 0 saturated carbocycles. The summed E-state index contributed by atoms with van der Waals surface area (Å²) in [5, 5.41) is 0.552. The highest BCUT2D eigenvalue weighted by Gasteiger charge is 2.19. The number of hydrogen-bond acceptors (Lipinski definition) is 3. The van der Waals surface area contributed by atoms with Gasteiger partial charge in [0.2, 0.25) is 0 Å². The monoisotopic (exact) mass is 183 g/mol. The van der Waals surface area contributed by atoms with Crippen molar-refractivity contribution in [3.63, 3.8) is 0 Å². The number of carbonyl (C=O) groups excluding carboxylic acids is 1. The first-order chi connectivity index (χ1) is 5.83. The lowest BCUT2D eigenvalue weighted by atomic mass is 10.2. The van der Waals surface area contributed by atoms with Crippen LogP contribution in [0.3, 0.4) is 0 Å². The Morgan fingerprint density at radius 1 is 1.75 bits per heavy atom. The first-order valence-corrected chi connectivity index (χ1v) is 3.81. The minimum absolute atomic E-state index is 0.478. The number of nitrogens with zero attached hydrogens (tertiary/aromatic N) is 2. The number of nitrogens with one attached hydrogen (secondary N) is 1. The standard InChI is InChI=1S/C7H6ClN3O/c8-5-1-2-11-7(5)6(3-12)9-4-10-11/h1-4,6H,(H,9,10). The van der Waals surface area contributed by atoms with Crippen LogP contribution in [0.1, 0.15) is 11.7 Å². The van der Waals surface area contributed by atoms with Gasteiger partial charge in [0.05, 0.1) is 10.7 Å². The van der Waals surface area contributed by atoms with E-state index in [0.717, 1.165) is 6.29 Å². The van der Waals surface area contributed by atoms with Crippen molar-refractivity contribution in [2.24, 2.45) is 4.99 Å². The van der Waals surface area contributed by atoms with Crippen molar-refractivity contribution in [3.8, 4) is 0 Å². The van der Waals surface area contributed by atoms with E-state index in [4.69, 9.17) is 11.6 Å². The van der Waals surface area contributed by atoms with Crippen LogP contribution in [-0.4, -0.2) is 17.3 Å². The lowest BCUT2D eigenvalue weighted by Crippen LogP contribution is -2.22. The van der Waals surface area contributed by atoms with Gasteiger partial charge in [0, 0.05) is 6.20 Å². The molecule has 2 rings (SSSR count). The summed E-state index contributed by atoms with van der Waals surface area (Å²) in [7, 11) is 0. The molecule has 0 amide bonds. The fourth-order valence-electron chi connectivity index (χ4n) is 1.16. The molecule has 1 N–H and O–H groups in total. The van der Waals surface area contributed by atoms with Crippen LogP contribution in [0.4, 0.5) is 0 Å². The lowest BCUT2D eigenvalue weighted by molar-refractivity contribution is -0.109. The van der Waals surface area contributed by atoms with Crippen molar-refractivity contribution in [1.29, 1.82) is 0 Å². The zero-order valence-electron chi connectivity index (χ0n) is 6.07. The average Bonchev–Trinajstić information content (AvgIpc) is 2.48. The number of aliphatic imine (C=N–C) groups is 1. The molecule has 1 aliphatic heterocycles. The van der Waals surface area contributed by atoms with E-state index in [2.05, 4.69) is 10.4 Å². The number of carbonyl (C=O) groups is 1. The summed E-state index contributed by atoms with van der Waals surface area (Å²) < 4.78 is 1.68. The topological polar surface area (TPSA) is 46.4 Å². The molecule has 1 aromatic rings. The van der Waals surface area contributed by atoms with Crippen molar-refractivity contribution in [3.05, 3.63) is 23.0 Å². The van der Waals surface area contributed by atoms with Gasteiger partial charge in [-0.2, -0.15) is 0 Å². The van der Waals surface area contributed by atoms with E-state index < -0.39 is 6.04 Å². The lowest BCUT2D eigenvalue weighted by Gasteiger charge is -2.16. The molecule has 4 nitrogen and oxygen atoms in total. The second-order valence-corrected chi connectivity index (χ2v) is 2.81. The van der Waals surface area contributed by atoms with E-state index in [-0.39, 0.29) is 0 Å². The number of rotatable bonds is 1. The number of fused-ring (bicyclic) bond motifs is 1. The third kappa shape index (κ3) is 0.921. The molecule has 1 aromatic heterocycles. The molecule has 0 fully saturated rings. The largest absolute Gasteiger partial charge is 0.301 e. The third-order valence-corrected chi connectivity index (χ3v) is 2.03. The first kappa shape index (κ1) is 7.36. The predicted octanol–water partition coefficient (Wildman–Crippen LogP) is 0.967. The highest BCUT2D eigenvalue weighted by atomic mass is 35.5. The molecule has 1 unspecified atom stereocenters. The van der Waals surface area contributed by atoms with Gasteiger partial charge in [-0.15, -0.1) is 0 Å². The quantitative estimate of drug-likeness (QED) is 0.660. The van der Waals surface area contributed by atoms with Gasteiger partial charge < -0.3 is 4.79 Å². The molecule has 1 atom stereocenters. The van der Waals surface area contributed by atoms with Gasteiger partial charge in [-0.3, -0.25) is 15.1 Å². The molecule has 1 aliphatic rings. The molecule has 0 saturated heterocycles. The molecule has 5 heteroatoms. The molecule has 12 heavy (non-hydrogen) atoms. The molecule has 0 spiro atoms. The van der Waals surface area contributed by atoms with Crippen molar-refractivity contribution >= 4 is 24.2 Å². The van der Waals surface area contributed by atoms with E-state index in [1.807, 2.05) is 0 Å². The molecular weight excluding hydrogens is 178 g/mol. The number of hydrogen-bond donors (Lipinski definition) is 1. The summed E-state index contributed by atoms with van der Waals surface area (Å²) in [5.41, 5.74) is 3.52. The normalized spacial score (nSPS) is 19.9. The van der Waals surface area contributed by atoms with Gasteiger partial charge in [-0.05, 0) is 6.07 Å². The van der Waals surface area contributed by atoms with Crippen LogP contribution in [-0.2, 0) is 4.79 Å². The Morgan fingerprint density at radius 2 is 2.58 bits per heavy atom. The highest BCUT2D eigenvalue weighted by molar-refractivity contribution is 6.31. The number of halogens is 1. The Balaban J connectivity index is 2.53. The number of aromatic nitrogens is 1. The van der Waals surface area contributed by atoms with Gasteiger partial charge in [0.25, 0.3) is 0 Å². The third-order valence-electron chi connectivity index (χ3n) is 1.72. The van der Waals surface area contributed by atoms with Crippen LogP contribution >= 0.6 is 11.6 Å². The maximum atomic E-state index is 10.6. The zero-order chi connectivity index (χ0) is 8.55. The van der Waals surface area contributed by atoms with Crippen molar-refractivity contribution in [2.45, 2.75) is 6.04 Å². The molecule has 0 aromatic carbocycles. The molecule has 62 valence electrons.